The van der Waals surface area contributed by atoms with Crippen LogP contribution >= 0.6 is 24.0 Å². The second-order valence-corrected chi connectivity index (χ2v) is 8.03. The molecule has 1 aliphatic heterocycles. The summed E-state index contributed by atoms with van der Waals surface area (Å²) in [7, 11) is -3.08. The largest absolute Gasteiger partial charge is 0.466 e. The van der Waals surface area contributed by atoms with Gasteiger partial charge in [0, 0.05) is 26.2 Å². The minimum atomic E-state index is -3.08. The lowest BCUT2D eigenvalue weighted by atomic mass is 10.0. The molecule has 8 nitrogen and oxygen atoms in total. The minimum absolute atomic E-state index is 0. The van der Waals surface area contributed by atoms with Crippen molar-refractivity contribution < 1.29 is 17.9 Å². The number of hydrogen-bond acceptors (Lipinski definition) is 5. The molecular weight excluding hydrogens is 459 g/mol. The normalized spacial score (nSPS) is 19.9. The zero-order valence-electron chi connectivity index (χ0n) is 14.6. The topological polar surface area (TPSA) is 107 Å². The third-order valence-electron chi connectivity index (χ3n) is 3.80. The predicted molar refractivity (Wildman–Crippen MR) is 108 cm³/mol. The summed E-state index contributed by atoms with van der Waals surface area (Å²) in [6.45, 7) is 5.79. The van der Waals surface area contributed by atoms with E-state index in [2.05, 4.69) is 15.6 Å². The molecule has 25 heavy (non-hydrogen) atoms. The molecule has 0 aromatic carbocycles. The van der Waals surface area contributed by atoms with Crippen LogP contribution in [0.2, 0.25) is 0 Å². The van der Waals surface area contributed by atoms with Gasteiger partial charge in [0.25, 0.3) is 0 Å². The number of sulfonamides is 1. The van der Waals surface area contributed by atoms with Gasteiger partial charge in [0.05, 0.1) is 18.6 Å². The molecule has 0 aliphatic carbocycles. The number of aliphatic imine (C=N–C) groups is 1. The fraction of sp³-hybridized carbons (Fsp3) is 0.667. The minimum Gasteiger partial charge on any atom is -0.466 e. The van der Waals surface area contributed by atoms with Crippen molar-refractivity contribution in [1.82, 2.24) is 14.9 Å². The van der Waals surface area contributed by atoms with Crippen LogP contribution in [-0.4, -0.2) is 62.3 Å². The van der Waals surface area contributed by atoms with Gasteiger partial charge in [0.2, 0.25) is 10.0 Å². The van der Waals surface area contributed by atoms with Crippen molar-refractivity contribution >= 4 is 40.0 Å². The van der Waals surface area contributed by atoms with Crippen LogP contribution in [0.4, 0.5) is 0 Å². The molecule has 1 unspecified atom stereocenters. The van der Waals surface area contributed by atoms with E-state index in [4.69, 9.17) is 4.42 Å². The molecule has 0 saturated carbocycles. The predicted octanol–water partition coefficient (Wildman–Crippen LogP) is 0.696. The molecule has 0 bridgehead atoms. The number of nitrogens with one attached hydrogen (secondary N) is 2. The Morgan fingerprint density at radius 2 is 2.24 bits per heavy atom. The van der Waals surface area contributed by atoms with Crippen LogP contribution in [0.15, 0.2) is 27.8 Å². The molecule has 1 atom stereocenters. The molecule has 1 aliphatic rings. The van der Waals surface area contributed by atoms with Crippen LogP contribution in [0.25, 0.3) is 0 Å². The van der Waals surface area contributed by atoms with Crippen molar-refractivity contribution in [1.29, 1.82) is 0 Å². The van der Waals surface area contributed by atoms with Crippen LogP contribution in [0.5, 0.6) is 0 Å². The molecule has 3 N–H and O–H groups in total. The Kier molecular flexibility index (Phi) is 8.64. The van der Waals surface area contributed by atoms with E-state index in [1.54, 1.807) is 19.1 Å². The molecule has 1 aromatic heterocycles. The summed E-state index contributed by atoms with van der Waals surface area (Å²) >= 11 is 0. The maximum absolute atomic E-state index is 11.8. The van der Waals surface area contributed by atoms with Gasteiger partial charge in [-0.15, -0.1) is 24.0 Å². The molecule has 10 heteroatoms. The summed E-state index contributed by atoms with van der Waals surface area (Å²) in [5.74, 6) is 1.21. The third-order valence-corrected chi connectivity index (χ3v) is 5.75. The summed E-state index contributed by atoms with van der Waals surface area (Å²) in [5, 5.41) is 16.6. The second-order valence-electron chi connectivity index (χ2n) is 5.94. The second kappa shape index (κ2) is 9.74. The van der Waals surface area contributed by atoms with E-state index in [-0.39, 0.29) is 36.3 Å². The van der Waals surface area contributed by atoms with Gasteiger partial charge in [0.1, 0.15) is 11.4 Å². The quantitative estimate of drug-likeness (QED) is 0.298. The molecule has 1 fully saturated rings. The summed E-state index contributed by atoms with van der Waals surface area (Å²) in [5.41, 5.74) is -1.20. The standard InChI is InChI=1S/C15H26N4O4S.HI/c1-3-16-14(17-7-9-19-8-5-11-24(19,21)22)18-12-15(2,20)13-6-4-10-23-13;/h4,6,10,20H,3,5,7-9,11-12H2,1-2H3,(H2,16,17,18);1H. The summed E-state index contributed by atoms with van der Waals surface area (Å²) in [6, 6.07) is 3.42. The molecule has 1 saturated heterocycles. The Balaban J connectivity index is 0.00000312. The van der Waals surface area contributed by atoms with E-state index in [9.17, 15) is 13.5 Å². The van der Waals surface area contributed by atoms with Crippen molar-refractivity contribution in [3.63, 3.8) is 0 Å². The number of hydrogen-bond donors (Lipinski definition) is 3. The number of rotatable bonds is 7. The summed E-state index contributed by atoms with van der Waals surface area (Å²) in [6.07, 6.45) is 2.19. The van der Waals surface area contributed by atoms with Gasteiger partial charge in [-0.3, -0.25) is 0 Å². The average Bonchev–Trinajstić information content (AvgIpc) is 3.15. The molecule has 144 valence electrons. The van der Waals surface area contributed by atoms with Crippen LogP contribution in [0.3, 0.4) is 0 Å². The lowest BCUT2D eigenvalue weighted by molar-refractivity contribution is 0.0437. The van der Waals surface area contributed by atoms with Gasteiger partial charge in [-0.1, -0.05) is 0 Å². The van der Waals surface area contributed by atoms with Gasteiger partial charge in [-0.2, -0.15) is 0 Å². The van der Waals surface area contributed by atoms with Gasteiger partial charge in [-0.25, -0.2) is 17.7 Å². The highest BCUT2D eigenvalue weighted by molar-refractivity contribution is 14.0. The van der Waals surface area contributed by atoms with Crippen LogP contribution in [-0.2, 0) is 15.6 Å². The van der Waals surface area contributed by atoms with E-state index >= 15 is 0 Å². The maximum atomic E-state index is 11.8. The van der Waals surface area contributed by atoms with E-state index in [0.717, 1.165) is 0 Å². The zero-order chi connectivity index (χ0) is 17.6. The highest BCUT2D eigenvalue weighted by Gasteiger charge is 2.28. The molecule has 2 heterocycles. The Morgan fingerprint density at radius 3 is 2.80 bits per heavy atom. The molecule has 1 aromatic rings. The highest BCUT2D eigenvalue weighted by atomic mass is 127. The first-order chi connectivity index (χ1) is 11.3. The zero-order valence-corrected chi connectivity index (χ0v) is 17.7. The van der Waals surface area contributed by atoms with Crippen molar-refractivity contribution in [3.8, 4) is 0 Å². The average molecular weight is 486 g/mol. The Labute approximate surface area is 166 Å². The van der Waals surface area contributed by atoms with Crippen molar-refractivity contribution in [3.05, 3.63) is 24.2 Å². The summed E-state index contributed by atoms with van der Waals surface area (Å²) < 4.78 is 30.2. The van der Waals surface area contributed by atoms with Crippen molar-refractivity contribution in [2.24, 2.45) is 4.99 Å². The number of nitrogens with zero attached hydrogens (tertiary/aromatic N) is 2. The maximum Gasteiger partial charge on any atom is 0.214 e. The molecule has 2 rings (SSSR count). The van der Waals surface area contributed by atoms with E-state index in [1.165, 1.54) is 10.6 Å². The van der Waals surface area contributed by atoms with Crippen molar-refractivity contribution in [2.45, 2.75) is 25.9 Å². The highest BCUT2D eigenvalue weighted by Crippen LogP contribution is 2.21. The fourth-order valence-electron chi connectivity index (χ4n) is 2.48. The lowest BCUT2D eigenvalue weighted by Gasteiger charge is -2.20. The van der Waals surface area contributed by atoms with Crippen LogP contribution in [0.1, 0.15) is 26.0 Å². The molecule has 0 amide bonds. The van der Waals surface area contributed by atoms with Gasteiger partial charge >= 0.3 is 0 Å². The first kappa shape index (κ1) is 22.2. The number of halogens is 1. The molecule has 0 spiro atoms. The van der Waals surface area contributed by atoms with E-state index in [0.29, 0.717) is 44.3 Å². The SMILES string of the molecule is CCNC(=NCC(C)(O)c1ccco1)NCCN1CCCS1(=O)=O.I. The molecule has 0 radical (unpaired) electrons. The summed E-state index contributed by atoms with van der Waals surface area (Å²) in [4.78, 5) is 4.36. The third kappa shape index (κ3) is 6.42. The van der Waals surface area contributed by atoms with Gasteiger partial charge < -0.3 is 20.2 Å². The Morgan fingerprint density at radius 1 is 1.48 bits per heavy atom. The first-order valence-electron chi connectivity index (χ1n) is 8.11. The number of aliphatic hydroxyl groups is 1. The van der Waals surface area contributed by atoms with Gasteiger partial charge in [-0.05, 0) is 32.4 Å². The number of guanidine groups is 1. The van der Waals surface area contributed by atoms with Crippen molar-refractivity contribution in [2.75, 3.05) is 38.5 Å². The Bertz CT molecular complexity index is 646. The van der Waals surface area contributed by atoms with Crippen LogP contribution < -0.4 is 10.6 Å². The monoisotopic (exact) mass is 486 g/mol. The lowest BCUT2D eigenvalue weighted by Crippen LogP contribution is -2.42. The smallest absolute Gasteiger partial charge is 0.214 e. The van der Waals surface area contributed by atoms with E-state index in [1.807, 2.05) is 6.92 Å². The van der Waals surface area contributed by atoms with E-state index < -0.39 is 15.6 Å². The first-order valence-corrected chi connectivity index (χ1v) is 9.72. The van der Waals surface area contributed by atoms with Gasteiger partial charge in [0.15, 0.2) is 5.96 Å². The fourth-order valence-corrected chi connectivity index (χ4v) is 4.01. The molecular formula is C15H27IN4O4S. The van der Waals surface area contributed by atoms with Crippen LogP contribution in [0, 0.1) is 0 Å². The Hall–Kier alpha value is -0.850. The number of furan rings is 1.